The van der Waals surface area contributed by atoms with Gasteiger partial charge in [0.05, 0.1) is 17.5 Å². The zero-order valence-electron chi connectivity index (χ0n) is 14.0. The third-order valence-corrected chi connectivity index (χ3v) is 3.99. The Balaban J connectivity index is 1.61. The van der Waals surface area contributed by atoms with E-state index >= 15 is 0 Å². The smallest absolute Gasteiger partial charge is 0.349 e. The van der Waals surface area contributed by atoms with Crippen molar-refractivity contribution < 1.29 is 22.8 Å². The predicted octanol–water partition coefficient (Wildman–Crippen LogP) is 2.02. The minimum Gasteiger partial charge on any atom is -0.349 e. The van der Waals surface area contributed by atoms with Crippen LogP contribution < -0.4 is 10.6 Å². The van der Waals surface area contributed by atoms with Crippen molar-refractivity contribution in [3.05, 3.63) is 23.7 Å². The molecule has 7 nitrogen and oxygen atoms in total. The minimum absolute atomic E-state index is 0.261. The third kappa shape index (κ3) is 4.50. The lowest BCUT2D eigenvalue weighted by Crippen LogP contribution is -2.39. The molecule has 0 aromatic carbocycles. The van der Waals surface area contributed by atoms with Crippen LogP contribution in [0.3, 0.4) is 0 Å². The van der Waals surface area contributed by atoms with E-state index in [9.17, 15) is 22.8 Å². The van der Waals surface area contributed by atoms with Gasteiger partial charge in [0.15, 0.2) is 5.65 Å². The number of H-pyrrole nitrogens is 1. The Hall–Kier alpha value is -2.65. The molecule has 0 bridgehead atoms. The molecular formula is C16H18F3N5O2. The number of rotatable bonds is 6. The van der Waals surface area contributed by atoms with Crippen molar-refractivity contribution >= 4 is 23.0 Å². The van der Waals surface area contributed by atoms with Gasteiger partial charge in [-0.3, -0.25) is 9.59 Å². The van der Waals surface area contributed by atoms with Gasteiger partial charge >= 0.3 is 6.18 Å². The van der Waals surface area contributed by atoms with Gasteiger partial charge in [-0.2, -0.15) is 13.2 Å². The average molecular weight is 369 g/mol. The van der Waals surface area contributed by atoms with E-state index in [1.807, 2.05) is 0 Å². The number of nitrogens with one attached hydrogen (secondary N) is 3. The number of aromatic nitrogens is 3. The summed E-state index contributed by atoms with van der Waals surface area (Å²) in [4.78, 5) is 35.5. The van der Waals surface area contributed by atoms with Crippen LogP contribution in [0.15, 0.2) is 12.4 Å². The van der Waals surface area contributed by atoms with Crippen LogP contribution in [0.1, 0.15) is 48.2 Å². The van der Waals surface area contributed by atoms with Gasteiger partial charge < -0.3 is 15.6 Å². The molecule has 0 aliphatic heterocycles. The van der Waals surface area contributed by atoms with E-state index in [0.29, 0.717) is 17.1 Å². The fourth-order valence-corrected chi connectivity index (χ4v) is 2.56. The number of amides is 2. The van der Waals surface area contributed by atoms with Crippen molar-refractivity contribution in [1.29, 1.82) is 0 Å². The Morgan fingerprint density at radius 3 is 2.77 bits per heavy atom. The number of hydrogen-bond donors (Lipinski definition) is 3. The van der Waals surface area contributed by atoms with Crippen LogP contribution in [0.25, 0.3) is 11.2 Å². The lowest BCUT2D eigenvalue weighted by molar-refractivity contribution is -0.138. The number of carbonyl (C=O) groups excluding carboxylic acids is 2. The van der Waals surface area contributed by atoms with Gasteiger partial charge in [-0.05, 0) is 19.8 Å². The summed E-state index contributed by atoms with van der Waals surface area (Å²) in [7, 11) is 0. The zero-order chi connectivity index (χ0) is 18.9. The second kappa shape index (κ2) is 6.93. The van der Waals surface area contributed by atoms with Crippen LogP contribution in [0.4, 0.5) is 13.2 Å². The van der Waals surface area contributed by atoms with Gasteiger partial charge in [0.2, 0.25) is 5.91 Å². The first-order valence-electron chi connectivity index (χ1n) is 8.21. The summed E-state index contributed by atoms with van der Waals surface area (Å²) < 4.78 is 36.3. The third-order valence-electron chi connectivity index (χ3n) is 3.99. The number of nitrogens with zero attached hydrogens (tertiary/aromatic N) is 2. The monoisotopic (exact) mass is 369 g/mol. The summed E-state index contributed by atoms with van der Waals surface area (Å²) >= 11 is 0. The Labute approximate surface area is 146 Å². The maximum absolute atomic E-state index is 12.4. The molecule has 10 heteroatoms. The van der Waals surface area contributed by atoms with E-state index in [1.165, 1.54) is 6.20 Å². The first-order chi connectivity index (χ1) is 12.2. The molecule has 2 heterocycles. The SMILES string of the molecule is CC(CC(=O)NCC(F)(F)F)NC(=O)c1c[nH]c2ncc(C3CC3)nc12. The molecule has 26 heavy (non-hydrogen) atoms. The first kappa shape index (κ1) is 18.2. The fraction of sp³-hybridized carbons (Fsp3) is 0.500. The molecule has 3 N–H and O–H groups in total. The highest BCUT2D eigenvalue weighted by atomic mass is 19.4. The maximum Gasteiger partial charge on any atom is 0.405 e. The summed E-state index contributed by atoms with van der Waals surface area (Å²) in [5, 5.41) is 4.37. The first-order valence-corrected chi connectivity index (χ1v) is 8.21. The van der Waals surface area contributed by atoms with E-state index in [1.54, 1.807) is 18.4 Å². The number of fused-ring (bicyclic) bond motifs is 1. The van der Waals surface area contributed by atoms with Crippen molar-refractivity contribution in [3.63, 3.8) is 0 Å². The van der Waals surface area contributed by atoms with E-state index in [0.717, 1.165) is 18.5 Å². The van der Waals surface area contributed by atoms with E-state index in [2.05, 4.69) is 20.3 Å². The van der Waals surface area contributed by atoms with Gasteiger partial charge in [0, 0.05) is 24.6 Å². The molecule has 3 rings (SSSR count). The Morgan fingerprint density at radius 1 is 1.38 bits per heavy atom. The molecule has 0 spiro atoms. The van der Waals surface area contributed by atoms with Crippen LogP contribution in [0.2, 0.25) is 0 Å². The molecule has 140 valence electrons. The van der Waals surface area contributed by atoms with E-state index in [4.69, 9.17) is 0 Å². The molecular weight excluding hydrogens is 351 g/mol. The van der Waals surface area contributed by atoms with Gasteiger partial charge in [0.25, 0.3) is 5.91 Å². The largest absolute Gasteiger partial charge is 0.405 e. The Morgan fingerprint density at radius 2 is 2.12 bits per heavy atom. The molecule has 1 fully saturated rings. The second-order valence-corrected chi connectivity index (χ2v) is 6.44. The van der Waals surface area contributed by atoms with Crippen molar-refractivity contribution in [2.45, 2.75) is 44.3 Å². The average Bonchev–Trinajstić information content (AvgIpc) is 3.31. The molecule has 1 aliphatic carbocycles. The quantitative estimate of drug-likeness (QED) is 0.725. The van der Waals surface area contributed by atoms with Crippen LogP contribution in [-0.4, -0.2) is 45.5 Å². The number of halogens is 3. The minimum atomic E-state index is -4.47. The highest BCUT2D eigenvalue weighted by molar-refractivity contribution is 6.04. The lowest BCUT2D eigenvalue weighted by Gasteiger charge is -2.14. The summed E-state index contributed by atoms with van der Waals surface area (Å²) in [5.74, 6) is -0.867. The van der Waals surface area contributed by atoms with Gasteiger partial charge in [0.1, 0.15) is 12.1 Å². The molecule has 1 aliphatic rings. The molecule has 0 radical (unpaired) electrons. The molecule has 2 aromatic rings. The van der Waals surface area contributed by atoms with Crippen molar-refractivity contribution in [2.75, 3.05) is 6.54 Å². The molecule has 0 saturated heterocycles. The fourth-order valence-electron chi connectivity index (χ4n) is 2.56. The molecule has 2 amide bonds. The highest BCUT2D eigenvalue weighted by Gasteiger charge is 2.28. The topological polar surface area (TPSA) is 99.8 Å². The standard InChI is InChI=1S/C16H18F3N5O2/c1-8(4-12(25)22-7-16(17,18)19)23-15(26)10-5-20-14-13(10)24-11(6-21-14)9-2-3-9/h5-6,8-9H,2-4,7H2,1H3,(H,20,21)(H,22,25)(H,23,26). The predicted molar refractivity (Wildman–Crippen MR) is 86.5 cm³/mol. The molecule has 1 saturated carbocycles. The van der Waals surface area contributed by atoms with Gasteiger partial charge in [-0.25, -0.2) is 9.97 Å². The molecule has 1 atom stereocenters. The highest BCUT2D eigenvalue weighted by Crippen LogP contribution is 2.39. The number of carbonyl (C=O) groups is 2. The zero-order valence-corrected chi connectivity index (χ0v) is 14.0. The van der Waals surface area contributed by atoms with E-state index in [-0.39, 0.29) is 12.0 Å². The van der Waals surface area contributed by atoms with Gasteiger partial charge in [-0.15, -0.1) is 0 Å². The van der Waals surface area contributed by atoms with E-state index < -0.39 is 30.6 Å². The summed E-state index contributed by atoms with van der Waals surface area (Å²) in [6.45, 7) is 0.149. The van der Waals surface area contributed by atoms with Crippen LogP contribution >= 0.6 is 0 Å². The van der Waals surface area contributed by atoms with Crippen LogP contribution in [0, 0.1) is 0 Å². The molecule has 1 unspecified atom stereocenters. The van der Waals surface area contributed by atoms with Crippen molar-refractivity contribution in [2.24, 2.45) is 0 Å². The van der Waals surface area contributed by atoms with Gasteiger partial charge in [-0.1, -0.05) is 0 Å². The number of alkyl halides is 3. The lowest BCUT2D eigenvalue weighted by atomic mass is 10.2. The number of hydrogen-bond acceptors (Lipinski definition) is 4. The summed E-state index contributed by atoms with van der Waals surface area (Å²) in [5.41, 5.74) is 2.05. The van der Waals surface area contributed by atoms with Crippen LogP contribution in [-0.2, 0) is 4.79 Å². The molecule has 2 aromatic heterocycles. The van der Waals surface area contributed by atoms with Crippen molar-refractivity contribution in [3.8, 4) is 0 Å². The normalized spacial score (nSPS) is 15.7. The number of aromatic amines is 1. The maximum atomic E-state index is 12.4. The summed E-state index contributed by atoms with van der Waals surface area (Å²) in [6.07, 6.45) is 0.540. The summed E-state index contributed by atoms with van der Waals surface area (Å²) in [6, 6.07) is -0.639. The Bertz CT molecular complexity index is 829. The second-order valence-electron chi connectivity index (χ2n) is 6.44. The Kier molecular flexibility index (Phi) is 4.84. The van der Waals surface area contributed by atoms with Crippen molar-refractivity contribution in [1.82, 2.24) is 25.6 Å². The van der Waals surface area contributed by atoms with Crippen LogP contribution in [0.5, 0.6) is 0 Å².